The van der Waals surface area contributed by atoms with Gasteiger partial charge in [-0.05, 0) is 41.9 Å². The number of pyridine rings is 1. The molecule has 0 aliphatic heterocycles. The Labute approximate surface area is 196 Å². The van der Waals surface area contributed by atoms with Gasteiger partial charge in [0.25, 0.3) is 5.56 Å². The molecule has 0 aliphatic rings. The van der Waals surface area contributed by atoms with E-state index in [9.17, 15) is 31.5 Å². The number of rotatable bonds is 6. The molecule has 0 fully saturated rings. The minimum absolute atomic E-state index is 0.163. The number of nitrogens with zero attached hydrogens (tertiary/aromatic N) is 4. The normalized spacial score (nSPS) is 11.4. The van der Waals surface area contributed by atoms with Crippen molar-refractivity contribution in [1.29, 1.82) is 0 Å². The standard InChI is InChI=1S/C20H14BrF5N4O4/c1-9-16(34-19(32)20(24,25)26)17(33-8-11-3-4-12(22)5-14(11)23)15(21)18(31)30(9)7-13-6-27-10(2)28-29-13/h3-6H,7-8H2,1-2H3. The average molecular weight is 549 g/mol. The number of halogens is 6. The Morgan fingerprint density at radius 2 is 1.85 bits per heavy atom. The van der Waals surface area contributed by atoms with Crippen LogP contribution in [0.2, 0.25) is 0 Å². The fourth-order valence-electron chi connectivity index (χ4n) is 2.72. The van der Waals surface area contributed by atoms with Crippen LogP contribution in [0.1, 0.15) is 22.8 Å². The predicted molar refractivity (Wildman–Crippen MR) is 109 cm³/mol. The Hall–Kier alpha value is -3.42. The van der Waals surface area contributed by atoms with Crippen LogP contribution >= 0.6 is 15.9 Å². The summed E-state index contributed by atoms with van der Waals surface area (Å²) in [7, 11) is 0. The maximum Gasteiger partial charge on any atom is 0.491 e. The molecule has 0 spiro atoms. The molecule has 0 aliphatic carbocycles. The van der Waals surface area contributed by atoms with Crippen LogP contribution in [-0.2, 0) is 17.9 Å². The highest BCUT2D eigenvalue weighted by molar-refractivity contribution is 9.10. The first-order chi connectivity index (χ1) is 15.9. The molecular weight excluding hydrogens is 535 g/mol. The summed E-state index contributed by atoms with van der Waals surface area (Å²) in [6, 6.07) is 2.58. The maximum atomic E-state index is 14.0. The zero-order chi connectivity index (χ0) is 25.2. The number of aryl methyl sites for hydroxylation is 1. The quantitative estimate of drug-likeness (QED) is 0.341. The van der Waals surface area contributed by atoms with Gasteiger partial charge in [0.15, 0.2) is 11.5 Å². The van der Waals surface area contributed by atoms with Crippen molar-refractivity contribution in [3.8, 4) is 11.5 Å². The Bertz CT molecular complexity index is 1300. The number of benzene rings is 1. The molecule has 0 saturated heterocycles. The van der Waals surface area contributed by atoms with E-state index in [1.165, 1.54) is 13.1 Å². The van der Waals surface area contributed by atoms with Crippen LogP contribution in [0.3, 0.4) is 0 Å². The van der Waals surface area contributed by atoms with E-state index in [-0.39, 0.29) is 23.5 Å². The van der Waals surface area contributed by atoms with Gasteiger partial charge in [0.05, 0.1) is 18.4 Å². The van der Waals surface area contributed by atoms with Gasteiger partial charge in [-0.25, -0.2) is 18.6 Å². The second-order valence-corrected chi connectivity index (χ2v) is 7.65. The van der Waals surface area contributed by atoms with E-state index in [4.69, 9.17) is 4.74 Å². The fourth-order valence-corrected chi connectivity index (χ4v) is 3.23. The van der Waals surface area contributed by atoms with E-state index in [0.717, 1.165) is 16.7 Å². The van der Waals surface area contributed by atoms with Crippen LogP contribution in [0.15, 0.2) is 33.7 Å². The molecule has 0 amide bonds. The van der Waals surface area contributed by atoms with Crippen molar-refractivity contribution in [2.45, 2.75) is 33.2 Å². The molecule has 14 heteroatoms. The van der Waals surface area contributed by atoms with Gasteiger partial charge in [-0.3, -0.25) is 4.79 Å². The summed E-state index contributed by atoms with van der Waals surface area (Å²) in [5, 5.41) is 7.60. The minimum atomic E-state index is -5.35. The lowest BCUT2D eigenvalue weighted by molar-refractivity contribution is -0.189. The van der Waals surface area contributed by atoms with Crippen molar-refractivity contribution < 1.29 is 36.2 Å². The summed E-state index contributed by atoms with van der Waals surface area (Å²) < 4.78 is 76.2. The number of hydrogen-bond donors (Lipinski definition) is 0. The highest BCUT2D eigenvalue weighted by atomic mass is 79.9. The van der Waals surface area contributed by atoms with Gasteiger partial charge in [-0.1, -0.05) is 0 Å². The van der Waals surface area contributed by atoms with Gasteiger partial charge >= 0.3 is 12.1 Å². The van der Waals surface area contributed by atoms with Gasteiger partial charge in [-0.2, -0.15) is 18.3 Å². The lowest BCUT2D eigenvalue weighted by Crippen LogP contribution is -2.31. The Morgan fingerprint density at radius 3 is 2.44 bits per heavy atom. The zero-order valence-electron chi connectivity index (χ0n) is 17.4. The largest absolute Gasteiger partial charge is 0.491 e. The molecule has 3 rings (SSSR count). The van der Waals surface area contributed by atoms with E-state index in [1.807, 2.05) is 0 Å². The zero-order valence-corrected chi connectivity index (χ0v) is 19.0. The highest BCUT2D eigenvalue weighted by Gasteiger charge is 2.42. The first-order valence-electron chi connectivity index (χ1n) is 9.32. The van der Waals surface area contributed by atoms with Crippen LogP contribution in [0.4, 0.5) is 22.0 Å². The summed E-state index contributed by atoms with van der Waals surface area (Å²) in [6.07, 6.45) is -4.04. The van der Waals surface area contributed by atoms with Crippen molar-refractivity contribution in [3.63, 3.8) is 0 Å². The molecule has 0 atom stereocenters. The van der Waals surface area contributed by atoms with Gasteiger partial charge < -0.3 is 14.0 Å². The third-order valence-corrected chi connectivity index (χ3v) is 5.13. The molecule has 0 saturated carbocycles. The number of ether oxygens (including phenoxy) is 2. The van der Waals surface area contributed by atoms with Crippen LogP contribution in [0.5, 0.6) is 11.5 Å². The summed E-state index contributed by atoms with van der Waals surface area (Å²) in [4.78, 5) is 28.4. The van der Waals surface area contributed by atoms with Crippen molar-refractivity contribution in [3.05, 3.63) is 73.6 Å². The number of esters is 1. The molecule has 0 bridgehead atoms. The lowest BCUT2D eigenvalue weighted by Gasteiger charge is -2.19. The molecule has 3 aromatic rings. The smallest absolute Gasteiger partial charge is 0.483 e. The molecule has 0 unspecified atom stereocenters. The Morgan fingerprint density at radius 1 is 1.15 bits per heavy atom. The molecule has 2 aromatic heterocycles. The third kappa shape index (κ3) is 5.55. The fraction of sp³-hybridized carbons (Fsp3) is 0.250. The number of hydrogen-bond acceptors (Lipinski definition) is 7. The second kappa shape index (κ2) is 9.83. The molecule has 0 radical (unpaired) electrons. The maximum absolute atomic E-state index is 14.0. The van der Waals surface area contributed by atoms with Crippen LogP contribution < -0.4 is 15.0 Å². The minimum Gasteiger partial charge on any atom is -0.483 e. The monoisotopic (exact) mass is 548 g/mol. The number of carbonyl (C=O) groups excluding carboxylic acids is 1. The van der Waals surface area contributed by atoms with Gasteiger partial charge in [-0.15, -0.1) is 5.10 Å². The van der Waals surface area contributed by atoms with E-state index in [2.05, 4.69) is 35.8 Å². The van der Waals surface area contributed by atoms with Crippen molar-refractivity contribution in [2.24, 2.45) is 0 Å². The summed E-state index contributed by atoms with van der Waals surface area (Å²) in [6.45, 7) is 1.91. The number of aromatic nitrogens is 4. The van der Waals surface area contributed by atoms with Gasteiger partial charge in [0, 0.05) is 11.6 Å². The highest BCUT2D eigenvalue weighted by Crippen LogP contribution is 2.38. The number of alkyl halides is 3. The van der Waals surface area contributed by atoms with E-state index >= 15 is 0 Å². The summed E-state index contributed by atoms with van der Waals surface area (Å²) >= 11 is 2.95. The molecule has 0 N–H and O–H groups in total. The SMILES string of the molecule is Cc1ncc(Cn2c(C)c(OC(=O)C(F)(F)F)c(OCc3ccc(F)cc3F)c(Br)c2=O)nn1. The van der Waals surface area contributed by atoms with E-state index < -0.39 is 51.9 Å². The van der Waals surface area contributed by atoms with Crippen molar-refractivity contribution in [2.75, 3.05) is 0 Å². The van der Waals surface area contributed by atoms with Gasteiger partial charge in [0.1, 0.15) is 34.2 Å². The van der Waals surface area contributed by atoms with Gasteiger partial charge in [0.2, 0.25) is 0 Å². The lowest BCUT2D eigenvalue weighted by atomic mass is 10.2. The predicted octanol–water partition coefficient (Wildman–Crippen LogP) is 3.79. The molecule has 8 nitrogen and oxygen atoms in total. The first kappa shape index (κ1) is 25.2. The number of carbonyl (C=O) groups is 1. The molecule has 180 valence electrons. The van der Waals surface area contributed by atoms with Crippen molar-refractivity contribution in [1.82, 2.24) is 19.7 Å². The molecular formula is C20H14BrF5N4O4. The second-order valence-electron chi connectivity index (χ2n) is 6.86. The van der Waals surface area contributed by atoms with Crippen LogP contribution in [-0.4, -0.2) is 31.9 Å². The van der Waals surface area contributed by atoms with Crippen LogP contribution in [0.25, 0.3) is 0 Å². The summed E-state index contributed by atoms with van der Waals surface area (Å²) in [5.41, 5.74) is -0.967. The average Bonchev–Trinajstić information content (AvgIpc) is 2.76. The molecule has 1 aromatic carbocycles. The Kier molecular flexibility index (Phi) is 7.29. The molecule has 2 heterocycles. The first-order valence-corrected chi connectivity index (χ1v) is 10.1. The summed E-state index contributed by atoms with van der Waals surface area (Å²) in [5.74, 6) is -5.36. The van der Waals surface area contributed by atoms with Crippen molar-refractivity contribution >= 4 is 21.9 Å². The third-order valence-electron chi connectivity index (χ3n) is 4.43. The molecule has 34 heavy (non-hydrogen) atoms. The Balaban J connectivity index is 2.08. The van der Waals surface area contributed by atoms with Crippen LogP contribution in [0, 0.1) is 25.5 Å². The van der Waals surface area contributed by atoms with E-state index in [0.29, 0.717) is 11.9 Å². The van der Waals surface area contributed by atoms with E-state index in [1.54, 1.807) is 6.92 Å². The topological polar surface area (TPSA) is 96.2 Å².